The van der Waals surface area contributed by atoms with Gasteiger partial charge in [0.15, 0.2) is 6.29 Å². The highest BCUT2D eigenvalue weighted by Crippen LogP contribution is 2.66. The van der Waals surface area contributed by atoms with Crippen LogP contribution in [0.3, 0.4) is 0 Å². The molecule has 4 saturated carbocycles. The zero-order valence-corrected chi connectivity index (χ0v) is 25.6. The standard InChI is InChI=1S/C33H53NO8/c1-16-4-7-27-33(3,40)22-6-5-18-19(21(22)14-34(27)13-16)11-23-20(18)12-25(36)24-10-17(8-9-32(23,24)2)41-31-30(39)29(38)28(37)26(15-35)42-31/h16-24,26-31,35,37-40H,4-15H2,1-3H3/t16-,17+,18+,19-,20+,21+,22+,23-,24-,26-,27+,28-,29+,30-,31-,32-,33+/m1/s1. The fourth-order valence-corrected chi connectivity index (χ4v) is 11.8. The molecule has 0 spiro atoms. The van der Waals surface area contributed by atoms with Crippen LogP contribution in [0.2, 0.25) is 0 Å². The third kappa shape index (κ3) is 4.50. The molecule has 0 radical (unpaired) electrons. The summed E-state index contributed by atoms with van der Waals surface area (Å²) in [5, 5.41) is 52.4. The van der Waals surface area contributed by atoms with E-state index in [1.54, 1.807) is 0 Å². The van der Waals surface area contributed by atoms with Gasteiger partial charge in [-0.15, -0.1) is 0 Å². The van der Waals surface area contributed by atoms with Crippen molar-refractivity contribution in [2.45, 2.75) is 127 Å². The Morgan fingerprint density at radius 3 is 2.45 bits per heavy atom. The summed E-state index contributed by atoms with van der Waals surface area (Å²) in [4.78, 5) is 16.5. The van der Waals surface area contributed by atoms with E-state index in [2.05, 4.69) is 25.7 Å². The number of hydrogen-bond donors (Lipinski definition) is 5. The van der Waals surface area contributed by atoms with Crippen molar-refractivity contribution in [1.29, 1.82) is 0 Å². The van der Waals surface area contributed by atoms with Gasteiger partial charge in [-0.05, 0) is 105 Å². The maximum Gasteiger partial charge on any atom is 0.186 e. The van der Waals surface area contributed by atoms with E-state index in [4.69, 9.17) is 9.47 Å². The molecule has 7 rings (SSSR count). The molecule has 3 aliphatic heterocycles. The molecule has 0 aromatic carbocycles. The zero-order valence-electron chi connectivity index (χ0n) is 25.6. The third-order valence-corrected chi connectivity index (χ3v) is 14.0. The molecule has 42 heavy (non-hydrogen) atoms. The Morgan fingerprint density at radius 2 is 1.69 bits per heavy atom. The SMILES string of the molecule is C[C@@H]1CC[C@@H]2N(C1)C[C@H]1[C@@H]3C[C@@H]4[C@@H](CC(=O)[C@H]5C[C@@H](O[C@@H]6O[C@H](CO)[C@@H](O)[C@H](O)[C@H]6O)CC[C@@]54C)[C@H]3CC[C@@H]1[C@]2(C)O. The summed E-state index contributed by atoms with van der Waals surface area (Å²) in [6, 6.07) is 0.276. The van der Waals surface area contributed by atoms with E-state index in [0.29, 0.717) is 60.1 Å². The molecule has 0 bridgehead atoms. The van der Waals surface area contributed by atoms with Gasteiger partial charge in [-0.1, -0.05) is 13.8 Å². The highest BCUT2D eigenvalue weighted by atomic mass is 16.7. The molecule has 5 N–H and O–H groups in total. The van der Waals surface area contributed by atoms with Crippen LogP contribution in [0, 0.1) is 52.8 Å². The number of aliphatic hydroxyl groups is 5. The Kier molecular flexibility index (Phi) is 7.66. The van der Waals surface area contributed by atoms with Gasteiger partial charge >= 0.3 is 0 Å². The normalized spacial score (nSPS) is 57.9. The topological polar surface area (TPSA) is 140 Å². The quantitative estimate of drug-likeness (QED) is 0.310. The molecular weight excluding hydrogens is 538 g/mol. The average molecular weight is 592 g/mol. The lowest BCUT2D eigenvalue weighted by Crippen LogP contribution is -2.67. The molecule has 0 aromatic heterocycles. The number of Topliss-reactive ketones (excluding diaryl/α,β-unsaturated/α-hetero) is 1. The first-order valence-corrected chi connectivity index (χ1v) is 16.9. The minimum absolute atomic E-state index is 0.0958. The Morgan fingerprint density at radius 1 is 0.905 bits per heavy atom. The molecule has 3 saturated heterocycles. The molecule has 7 fully saturated rings. The monoisotopic (exact) mass is 591 g/mol. The lowest BCUT2D eigenvalue weighted by Gasteiger charge is -2.59. The fraction of sp³-hybridized carbons (Fsp3) is 0.970. The molecule has 3 heterocycles. The molecule has 238 valence electrons. The lowest BCUT2D eigenvalue weighted by atomic mass is 9.51. The molecule has 0 aromatic rings. The van der Waals surface area contributed by atoms with E-state index < -0.39 is 42.9 Å². The zero-order chi connectivity index (χ0) is 29.7. The van der Waals surface area contributed by atoms with Crippen LogP contribution in [0.4, 0.5) is 0 Å². The molecule has 0 amide bonds. The molecule has 9 nitrogen and oxygen atoms in total. The van der Waals surface area contributed by atoms with Crippen molar-refractivity contribution in [2.24, 2.45) is 52.8 Å². The number of aliphatic hydroxyl groups excluding tert-OH is 4. The second-order valence-corrected chi connectivity index (χ2v) is 16.0. The minimum atomic E-state index is -1.47. The molecule has 17 atom stereocenters. The molecular formula is C33H53NO8. The van der Waals surface area contributed by atoms with Crippen molar-refractivity contribution in [3.05, 3.63) is 0 Å². The maximum atomic E-state index is 13.9. The number of ether oxygens (including phenoxy) is 2. The second-order valence-electron chi connectivity index (χ2n) is 16.0. The highest BCUT2D eigenvalue weighted by Gasteiger charge is 2.64. The summed E-state index contributed by atoms with van der Waals surface area (Å²) in [7, 11) is 0. The molecule has 7 aliphatic rings. The smallest absolute Gasteiger partial charge is 0.186 e. The number of hydrogen-bond acceptors (Lipinski definition) is 9. The van der Waals surface area contributed by atoms with Crippen molar-refractivity contribution in [2.75, 3.05) is 19.7 Å². The van der Waals surface area contributed by atoms with Gasteiger partial charge < -0.3 is 35.0 Å². The van der Waals surface area contributed by atoms with Crippen molar-refractivity contribution in [3.8, 4) is 0 Å². The summed E-state index contributed by atoms with van der Waals surface area (Å²) in [5.41, 5.74) is -0.745. The van der Waals surface area contributed by atoms with Gasteiger partial charge in [0.05, 0.1) is 18.3 Å². The average Bonchev–Trinajstić information content (AvgIpc) is 3.33. The predicted molar refractivity (Wildman–Crippen MR) is 153 cm³/mol. The number of ketones is 1. The summed E-state index contributed by atoms with van der Waals surface area (Å²) in [6.45, 7) is 8.49. The van der Waals surface area contributed by atoms with E-state index >= 15 is 0 Å². The third-order valence-electron chi connectivity index (χ3n) is 14.0. The van der Waals surface area contributed by atoms with Gasteiger partial charge in [0.1, 0.15) is 30.2 Å². The van der Waals surface area contributed by atoms with Gasteiger partial charge in [-0.25, -0.2) is 0 Å². The summed E-state index contributed by atoms with van der Waals surface area (Å²) < 4.78 is 11.8. The van der Waals surface area contributed by atoms with Crippen LogP contribution in [0.25, 0.3) is 0 Å². The second kappa shape index (κ2) is 10.7. The van der Waals surface area contributed by atoms with E-state index in [9.17, 15) is 30.3 Å². The van der Waals surface area contributed by atoms with Gasteiger partial charge in [-0.3, -0.25) is 9.69 Å². The number of fused-ring (bicyclic) bond motifs is 8. The van der Waals surface area contributed by atoms with E-state index in [1.807, 2.05) is 0 Å². The van der Waals surface area contributed by atoms with Crippen molar-refractivity contribution in [3.63, 3.8) is 0 Å². The molecule has 0 unspecified atom stereocenters. The predicted octanol–water partition coefficient (Wildman–Crippen LogP) is 1.71. The maximum absolute atomic E-state index is 13.9. The number of piperidine rings is 2. The highest BCUT2D eigenvalue weighted by molar-refractivity contribution is 5.83. The van der Waals surface area contributed by atoms with Gasteiger partial charge in [0.25, 0.3) is 0 Å². The van der Waals surface area contributed by atoms with E-state index in [0.717, 1.165) is 51.6 Å². The van der Waals surface area contributed by atoms with Crippen LogP contribution in [0.5, 0.6) is 0 Å². The largest absolute Gasteiger partial charge is 0.394 e. The van der Waals surface area contributed by atoms with Crippen LogP contribution in [0.1, 0.15) is 78.6 Å². The number of carbonyl (C=O) groups is 1. The summed E-state index contributed by atoms with van der Waals surface area (Å²) in [5.74, 6) is 3.79. The van der Waals surface area contributed by atoms with E-state index in [1.165, 1.54) is 6.42 Å². The van der Waals surface area contributed by atoms with Gasteiger partial charge in [-0.2, -0.15) is 0 Å². The Bertz CT molecular complexity index is 1040. The number of carbonyl (C=O) groups excluding carboxylic acids is 1. The molecule has 4 aliphatic carbocycles. The Hall–Kier alpha value is -0.650. The summed E-state index contributed by atoms with van der Waals surface area (Å²) >= 11 is 0. The van der Waals surface area contributed by atoms with Crippen molar-refractivity contribution < 1.29 is 39.8 Å². The lowest BCUT2D eigenvalue weighted by molar-refractivity contribution is -0.315. The van der Waals surface area contributed by atoms with Crippen LogP contribution in [-0.4, -0.2) is 104 Å². The Labute approximate surface area is 249 Å². The molecule has 9 heteroatoms. The summed E-state index contributed by atoms with van der Waals surface area (Å²) in [6.07, 6.45) is 1.67. The number of rotatable bonds is 3. The van der Waals surface area contributed by atoms with Crippen LogP contribution in [0.15, 0.2) is 0 Å². The number of nitrogens with zero attached hydrogens (tertiary/aromatic N) is 1. The Balaban J connectivity index is 1.07. The first-order chi connectivity index (χ1) is 19.9. The van der Waals surface area contributed by atoms with Crippen LogP contribution >= 0.6 is 0 Å². The van der Waals surface area contributed by atoms with Gasteiger partial charge in [0.2, 0.25) is 0 Å². The van der Waals surface area contributed by atoms with E-state index in [-0.39, 0.29) is 23.5 Å². The first kappa shape index (κ1) is 30.0. The van der Waals surface area contributed by atoms with Crippen molar-refractivity contribution >= 4 is 5.78 Å². The minimum Gasteiger partial charge on any atom is -0.394 e. The van der Waals surface area contributed by atoms with Gasteiger partial charge in [0, 0.05) is 31.5 Å². The van der Waals surface area contributed by atoms with Crippen LogP contribution in [-0.2, 0) is 14.3 Å². The fourth-order valence-electron chi connectivity index (χ4n) is 11.8. The van der Waals surface area contributed by atoms with Crippen molar-refractivity contribution in [1.82, 2.24) is 4.90 Å². The first-order valence-electron chi connectivity index (χ1n) is 16.9. The van der Waals surface area contributed by atoms with Crippen LogP contribution < -0.4 is 0 Å².